The molecule has 0 saturated heterocycles. The van der Waals surface area contributed by atoms with Crippen LogP contribution in [0.3, 0.4) is 0 Å². The fourth-order valence-corrected chi connectivity index (χ4v) is 2.65. The number of nitriles is 1. The summed E-state index contributed by atoms with van der Waals surface area (Å²) in [5.41, 5.74) is 1.14. The molecule has 18 heavy (non-hydrogen) atoms. The normalized spacial score (nSPS) is 10.3. The number of thioether (sulfide) groups is 1. The van der Waals surface area contributed by atoms with Crippen LogP contribution in [0.1, 0.15) is 29.8 Å². The summed E-state index contributed by atoms with van der Waals surface area (Å²) >= 11 is 1.67. The van der Waals surface area contributed by atoms with Gasteiger partial charge in [-0.15, -0.1) is 11.8 Å². The van der Waals surface area contributed by atoms with E-state index < -0.39 is 0 Å². The van der Waals surface area contributed by atoms with Crippen LogP contribution in [0.4, 0.5) is 0 Å². The van der Waals surface area contributed by atoms with Crippen molar-refractivity contribution in [3.63, 3.8) is 0 Å². The Kier molecular flexibility index (Phi) is 6.48. The number of carbonyl (C=O) groups is 1. The zero-order valence-electron chi connectivity index (χ0n) is 10.8. The van der Waals surface area contributed by atoms with Gasteiger partial charge in [-0.25, -0.2) is 0 Å². The average Bonchev–Trinajstić information content (AvgIpc) is 2.43. The lowest BCUT2D eigenvalue weighted by molar-refractivity contribution is 0.112. The summed E-state index contributed by atoms with van der Waals surface area (Å²) in [4.78, 5) is 13.9. The van der Waals surface area contributed by atoms with Gasteiger partial charge in [-0.2, -0.15) is 5.26 Å². The highest BCUT2D eigenvalue weighted by Gasteiger charge is 2.05. The topological polar surface area (TPSA) is 44.1 Å². The number of hydrogen-bond donors (Lipinski definition) is 0. The second kappa shape index (κ2) is 7.91. The Balaban J connectivity index is 2.62. The first-order chi connectivity index (χ1) is 8.74. The van der Waals surface area contributed by atoms with Gasteiger partial charge in [0, 0.05) is 22.8 Å². The van der Waals surface area contributed by atoms with Crippen molar-refractivity contribution in [2.45, 2.75) is 18.7 Å². The molecule has 0 aromatic heterocycles. The molecule has 0 aliphatic carbocycles. The summed E-state index contributed by atoms with van der Waals surface area (Å²) in [6.07, 6.45) is 0.769. The molecule has 4 heteroatoms. The van der Waals surface area contributed by atoms with Gasteiger partial charge in [-0.3, -0.25) is 4.79 Å². The van der Waals surface area contributed by atoms with Crippen LogP contribution in [0.25, 0.3) is 0 Å². The first kappa shape index (κ1) is 14.7. The summed E-state index contributed by atoms with van der Waals surface area (Å²) in [6, 6.07) is 7.40. The van der Waals surface area contributed by atoms with Crippen molar-refractivity contribution in [3.8, 4) is 6.07 Å². The quantitative estimate of drug-likeness (QED) is 0.560. The van der Waals surface area contributed by atoms with Crippen LogP contribution in [-0.2, 0) is 0 Å². The van der Waals surface area contributed by atoms with Crippen molar-refractivity contribution >= 4 is 18.0 Å². The molecule has 0 aliphatic heterocycles. The van der Waals surface area contributed by atoms with E-state index in [1.807, 2.05) is 6.07 Å². The van der Waals surface area contributed by atoms with E-state index in [4.69, 9.17) is 5.26 Å². The molecule has 0 heterocycles. The van der Waals surface area contributed by atoms with E-state index in [2.05, 4.69) is 24.8 Å². The lowest BCUT2D eigenvalue weighted by Gasteiger charge is -2.17. The Morgan fingerprint density at radius 3 is 2.67 bits per heavy atom. The summed E-state index contributed by atoms with van der Waals surface area (Å²) < 4.78 is 0. The molecular formula is C14H18N2OS. The van der Waals surface area contributed by atoms with E-state index in [0.29, 0.717) is 11.1 Å². The standard InChI is InChI=1S/C14H18N2OS/c1-3-16(4-2)7-8-18-14-6-5-12(11-17)9-13(14)10-15/h5-6,9,11H,3-4,7-8H2,1-2H3. The molecule has 96 valence electrons. The Morgan fingerprint density at radius 2 is 2.11 bits per heavy atom. The molecule has 0 spiro atoms. The highest BCUT2D eigenvalue weighted by atomic mass is 32.2. The van der Waals surface area contributed by atoms with Crippen LogP contribution in [0, 0.1) is 11.3 Å². The fraction of sp³-hybridized carbons (Fsp3) is 0.429. The van der Waals surface area contributed by atoms with Gasteiger partial charge in [0.2, 0.25) is 0 Å². The van der Waals surface area contributed by atoms with Gasteiger partial charge in [0.15, 0.2) is 0 Å². The van der Waals surface area contributed by atoms with E-state index in [-0.39, 0.29) is 0 Å². The molecule has 0 bridgehead atoms. The largest absolute Gasteiger partial charge is 0.303 e. The van der Waals surface area contributed by atoms with Gasteiger partial charge >= 0.3 is 0 Å². The Bertz CT molecular complexity index is 436. The first-order valence-electron chi connectivity index (χ1n) is 6.09. The second-order valence-corrected chi connectivity index (χ2v) is 5.00. The third kappa shape index (κ3) is 4.17. The third-order valence-electron chi connectivity index (χ3n) is 2.82. The Labute approximate surface area is 113 Å². The molecule has 0 amide bonds. The molecule has 0 atom stereocenters. The number of hydrogen-bond acceptors (Lipinski definition) is 4. The van der Waals surface area contributed by atoms with E-state index in [1.165, 1.54) is 0 Å². The number of nitrogens with zero attached hydrogens (tertiary/aromatic N) is 2. The van der Waals surface area contributed by atoms with Crippen LogP contribution >= 0.6 is 11.8 Å². The molecule has 0 aliphatic rings. The van der Waals surface area contributed by atoms with Gasteiger partial charge in [-0.1, -0.05) is 19.9 Å². The Morgan fingerprint density at radius 1 is 1.39 bits per heavy atom. The number of benzene rings is 1. The zero-order valence-corrected chi connectivity index (χ0v) is 11.7. The van der Waals surface area contributed by atoms with E-state index in [0.717, 1.165) is 36.6 Å². The Hall–Kier alpha value is -1.31. The third-order valence-corrected chi connectivity index (χ3v) is 3.87. The highest BCUT2D eigenvalue weighted by molar-refractivity contribution is 7.99. The number of rotatable bonds is 7. The minimum Gasteiger partial charge on any atom is -0.303 e. The SMILES string of the molecule is CCN(CC)CCSc1ccc(C=O)cc1C#N. The smallest absolute Gasteiger partial charge is 0.150 e. The summed E-state index contributed by atoms with van der Waals surface area (Å²) in [7, 11) is 0. The maximum atomic E-state index is 10.6. The lowest BCUT2D eigenvalue weighted by atomic mass is 10.1. The van der Waals surface area contributed by atoms with Crippen molar-refractivity contribution in [2.24, 2.45) is 0 Å². The van der Waals surface area contributed by atoms with Crippen LogP contribution in [0.5, 0.6) is 0 Å². The fourth-order valence-electron chi connectivity index (χ4n) is 1.66. The van der Waals surface area contributed by atoms with Crippen LogP contribution in [0.2, 0.25) is 0 Å². The second-order valence-electron chi connectivity index (χ2n) is 3.86. The number of carbonyl (C=O) groups excluding carboxylic acids is 1. The van der Waals surface area contributed by atoms with E-state index in [1.54, 1.807) is 23.9 Å². The minimum atomic E-state index is 0.555. The molecule has 1 aromatic carbocycles. The molecule has 0 unspecified atom stereocenters. The molecule has 0 fully saturated rings. The van der Waals surface area contributed by atoms with Crippen molar-refractivity contribution < 1.29 is 4.79 Å². The molecule has 1 rings (SSSR count). The zero-order chi connectivity index (χ0) is 13.4. The monoisotopic (exact) mass is 262 g/mol. The maximum Gasteiger partial charge on any atom is 0.150 e. The summed E-state index contributed by atoms with van der Waals surface area (Å²) in [6.45, 7) is 7.40. The van der Waals surface area contributed by atoms with Crippen molar-refractivity contribution in [2.75, 3.05) is 25.4 Å². The van der Waals surface area contributed by atoms with Gasteiger partial charge < -0.3 is 4.90 Å². The van der Waals surface area contributed by atoms with E-state index >= 15 is 0 Å². The van der Waals surface area contributed by atoms with E-state index in [9.17, 15) is 4.79 Å². The number of aldehydes is 1. The lowest BCUT2D eigenvalue weighted by Crippen LogP contribution is -2.25. The summed E-state index contributed by atoms with van der Waals surface area (Å²) in [5.74, 6) is 0.955. The van der Waals surface area contributed by atoms with Crippen molar-refractivity contribution in [1.29, 1.82) is 5.26 Å². The molecular weight excluding hydrogens is 244 g/mol. The summed E-state index contributed by atoms with van der Waals surface area (Å²) in [5, 5.41) is 9.05. The van der Waals surface area contributed by atoms with Gasteiger partial charge in [0.05, 0.1) is 5.56 Å². The molecule has 3 nitrogen and oxygen atoms in total. The van der Waals surface area contributed by atoms with Crippen LogP contribution in [0.15, 0.2) is 23.1 Å². The van der Waals surface area contributed by atoms with Crippen LogP contribution in [-0.4, -0.2) is 36.6 Å². The van der Waals surface area contributed by atoms with Crippen molar-refractivity contribution in [3.05, 3.63) is 29.3 Å². The van der Waals surface area contributed by atoms with Gasteiger partial charge in [-0.05, 0) is 25.2 Å². The molecule has 0 N–H and O–H groups in total. The average molecular weight is 262 g/mol. The van der Waals surface area contributed by atoms with Crippen molar-refractivity contribution in [1.82, 2.24) is 4.90 Å². The van der Waals surface area contributed by atoms with Crippen LogP contribution < -0.4 is 0 Å². The predicted molar refractivity (Wildman–Crippen MR) is 75.1 cm³/mol. The van der Waals surface area contributed by atoms with Gasteiger partial charge in [0.25, 0.3) is 0 Å². The minimum absolute atomic E-state index is 0.555. The maximum absolute atomic E-state index is 10.6. The first-order valence-corrected chi connectivity index (χ1v) is 7.08. The predicted octanol–water partition coefficient (Wildman–Crippen LogP) is 2.80. The molecule has 1 aromatic rings. The molecule has 0 saturated carbocycles. The highest BCUT2D eigenvalue weighted by Crippen LogP contribution is 2.23. The molecule has 0 radical (unpaired) electrons. The van der Waals surface area contributed by atoms with Gasteiger partial charge in [0.1, 0.15) is 12.4 Å².